The first-order chi connectivity index (χ1) is 4.85. The van der Waals surface area contributed by atoms with Gasteiger partial charge in [-0.3, -0.25) is 0 Å². The van der Waals surface area contributed by atoms with Gasteiger partial charge < -0.3 is 0 Å². The van der Waals surface area contributed by atoms with E-state index in [1.54, 1.807) is 0 Å². The fraction of sp³-hybridized carbons (Fsp3) is 1.00. The van der Waals surface area contributed by atoms with Crippen LogP contribution in [-0.2, 0) is 0 Å². The predicted molar refractivity (Wildman–Crippen MR) is 62.7 cm³/mol. The van der Waals surface area contributed by atoms with Crippen LogP contribution in [0.4, 0.5) is 0 Å². The van der Waals surface area contributed by atoms with Crippen LogP contribution in [0, 0.1) is 0 Å². The van der Waals surface area contributed by atoms with Gasteiger partial charge >= 0.3 is 0 Å². The lowest BCUT2D eigenvalue weighted by Crippen LogP contribution is -1.92. The van der Waals surface area contributed by atoms with Crippen molar-refractivity contribution < 1.29 is 0 Å². The molecule has 0 aromatic heterocycles. The topological polar surface area (TPSA) is 0 Å². The lowest BCUT2D eigenvalue weighted by Gasteiger charge is -2.13. The molecule has 0 N–H and O–H groups in total. The molecule has 0 bridgehead atoms. The van der Waals surface area contributed by atoms with Gasteiger partial charge in [-0.25, -0.2) is 0 Å². The highest BCUT2D eigenvalue weighted by atomic mass is 79.9. The van der Waals surface area contributed by atoms with Crippen LogP contribution in [0.5, 0.6) is 0 Å². The van der Waals surface area contributed by atoms with Crippen LogP contribution in [0.2, 0.25) is 0 Å². The third-order valence-electron chi connectivity index (χ3n) is 1.62. The molecule has 2 heteroatoms. The quantitative estimate of drug-likeness (QED) is 0.609. The van der Waals surface area contributed by atoms with Crippen molar-refractivity contribution in [3.8, 4) is 0 Å². The summed E-state index contributed by atoms with van der Waals surface area (Å²) >= 11 is 0. The minimum absolute atomic E-state index is 0. The third-order valence-corrected chi connectivity index (χ3v) is 4.86. The van der Waals surface area contributed by atoms with Gasteiger partial charge in [-0.05, 0) is 18.5 Å². The van der Waals surface area contributed by atoms with Crippen molar-refractivity contribution >= 4 is 24.9 Å². The van der Waals surface area contributed by atoms with Crippen molar-refractivity contribution in [2.24, 2.45) is 0 Å². The molecule has 11 heavy (non-hydrogen) atoms. The Kier molecular flexibility index (Phi) is 14.3. The average Bonchev–Trinajstić information content (AvgIpc) is 1.90. The standard InChI is InChI=1S/C9H21P.BrH/c1-4-7-10(8-5-2)9-6-3;/h4-9H2,1-3H3;1H. The smallest absolute Gasteiger partial charge is 0.0329 e. The molecule has 0 rings (SSSR count). The molecule has 0 aliphatic heterocycles. The summed E-state index contributed by atoms with van der Waals surface area (Å²) in [5.74, 6) is 0. The summed E-state index contributed by atoms with van der Waals surface area (Å²) in [5, 5.41) is 0. The second-order valence-corrected chi connectivity index (χ2v) is 5.52. The lowest BCUT2D eigenvalue weighted by molar-refractivity contribution is 1.02. The Balaban J connectivity index is 0. The van der Waals surface area contributed by atoms with Crippen LogP contribution in [0.15, 0.2) is 0 Å². The highest BCUT2D eigenvalue weighted by Crippen LogP contribution is 2.37. The molecule has 0 nitrogen and oxygen atoms in total. The van der Waals surface area contributed by atoms with E-state index in [-0.39, 0.29) is 17.0 Å². The molecule has 0 aliphatic carbocycles. The second-order valence-electron chi connectivity index (χ2n) is 2.84. The molecule has 0 radical (unpaired) electrons. The van der Waals surface area contributed by atoms with E-state index in [2.05, 4.69) is 20.8 Å². The Morgan fingerprint density at radius 2 is 1.00 bits per heavy atom. The number of halogens is 1. The van der Waals surface area contributed by atoms with Gasteiger partial charge in [-0.1, -0.05) is 40.0 Å². The van der Waals surface area contributed by atoms with Gasteiger partial charge in [0.05, 0.1) is 0 Å². The Morgan fingerprint density at radius 3 is 1.18 bits per heavy atom. The van der Waals surface area contributed by atoms with Gasteiger partial charge in [0.25, 0.3) is 0 Å². The zero-order valence-corrected chi connectivity index (χ0v) is 10.7. The monoisotopic (exact) mass is 240 g/mol. The van der Waals surface area contributed by atoms with Crippen LogP contribution in [0.25, 0.3) is 0 Å². The molecule has 0 atom stereocenters. The van der Waals surface area contributed by atoms with Crippen LogP contribution in [0.1, 0.15) is 40.0 Å². The average molecular weight is 241 g/mol. The summed E-state index contributed by atoms with van der Waals surface area (Å²) in [6, 6.07) is 0. The summed E-state index contributed by atoms with van der Waals surface area (Å²) in [6.07, 6.45) is 8.72. The fourth-order valence-corrected chi connectivity index (χ4v) is 3.85. The van der Waals surface area contributed by atoms with Gasteiger partial charge in [0.15, 0.2) is 0 Å². The van der Waals surface area contributed by atoms with Gasteiger partial charge in [-0.2, -0.15) is 0 Å². The summed E-state index contributed by atoms with van der Waals surface area (Å²) in [6.45, 7) is 6.92. The number of rotatable bonds is 6. The van der Waals surface area contributed by atoms with E-state index < -0.39 is 0 Å². The molecule has 0 aliphatic rings. The first-order valence-electron chi connectivity index (χ1n) is 4.57. The van der Waals surface area contributed by atoms with Crippen LogP contribution >= 0.6 is 24.9 Å². The Bertz CT molecular complexity index is 52.3. The van der Waals surface area contributed by atoms with Crippen molar-refractivity contribution in [1.82, 2.24) is 0 Å². The van der Waals surface area contributed by atoms with E-state index in [0.717, 1.165) is 0 Å². The van der Waals surface area contributed by atoms with Crippen LogP contribution in [-0.4, -0.2) is 18.5 Å². The van der Waals surface area contributed by atoms with Crippen molar-refractivity contribution in [3.05, 3.63) is 0 Å². The van der Waals surface area contributed by atoms with E-state index in [0.29, 0.717) is 7.92 Å². The third kappa shape index (κ3) is 8.82. The van der Waals surface area contributed by atoms with Crippen molar-refractivity contribution in [3.63, 3.8) is 0 Å². The zero-order chi connectivity index (χ0) is 7.82. The minimum atomic E-state index is 0. The van der Waals surface area contributed by atoms with Gasteiger partial charge in [0.1, 0.15) is 0 Å². The van der Waals surface area contributed by atoms with E-state index in [9.17, 15) is 0 Å². The summed E-state index contributed by atoms with van der Waals surface area (Å²) in [7, 11) is 0.439. The molecule has 0 fully saturated rings. The molecule has 0 aromatic carbocycles. The summed E-state index contributed by atoms with van der Waals surface area (Å²) < 4.78 is 0. The van der Waals surface area contributed by atoms with Gasteiger partial charge in [0, 0.05) is 0 Å². The Hall–Kier alpha value is 0.910. The largest absolute Gasteiger partial charge is 0.114 e. The van der Waals surface area contributed by atoms with E-state index in [1.807, 2.05) is 0 Å². The predicted octanol–water partition coefficient (Wildman–Crippen LogP) is 4.28. The first-order valence-corrected chi connectivity index (χ1v) is 6.47. The first kappa shape index (κ1) is 14.4. The van der Waals surface area contributed by atoms with Crippen LogP contribution < -0.4 is 0 Å². The maximum absolute atomic E-state index is 2.31. The fourth-order valence-electron chi connectivity index (χ4n) is 1.28. The number of hydrogen-bond donors (Lipinski definition) is 0. The van der Waals surface area contributed by atoms with E-state index in [1.165, 1.54) is 37.7 Å². The SMILES string of the molecule is Br.CCCP(CCC)CCC. The van der Waals surface area contributed by atoms with Gasteiger partial charge in [-0.15, -0.1) is 24.9 Å². The minimum Gasteiger partial charge on any atom is -0.114 e. The molecule has 70 valence electrons. The molecule has 0 amide bonds. The van der Waals surface area contributed by atoms with Crippen molar-refractivity contribution in [1.29, 1.82) is 0 Å². The second kappa shape index (κ2) is 10.9. The van der Waals surface area contributed by atoms with Crippen molar-refractivity contribution in [2.45, 2.75) is 40.0 Å². The molecule has 0 unspecified atom stereocenters. The maximum atomic E-state index is 2.31. The lowest BCUT2D eigenvalue weighted by atomic mass is 10.6. The Morgan fingerprint density at radius 1 is 0.727 bits per heavy atom. The molecule has 0 spiro atoms. The summed E-state index contributed by atoms with van der Waals surface area (Å²) in [5.41, 5.74) is 0. The molecule has 0 aromatic rings. The zero-order valence-electron chi connectivity index (χ0n) is 8.10. The van der Waals surface area contributed by atoms with E-state index in [4.69, 9.17) is 0 Å². The maximum Gasteiger partial charge on any atom is -0.0329 e. The highest BCUT2D eigenvalue weighted by Gasteiger charge is 2.02. The molecule has 0 saturated heterocycles. The summed E-state index contributed by atoms with van der Waals surface area (Å²) in [4.78, 5) is 0. The molecule has 0 saturated carbocycles. The number of hydrogen-bond acceptors (Lipinski definition) is 0. The molecule has 0 heterocycles. The van der Waals surface area contributed by atoms with E-state index >= 15 is 0 Å². The van der Waals surface area contributed by atoms with Crippen molar-refractivity contribution in [2.75, 3.05) is 18.5 Å². The molecular formula is C9H22BrP. The van der Waals surface area contributed by atoms with Crippen LogP contribution in [0.3, 0.4) is 0 Å². The van der Waals surface area contributed by atoms with Gasteiger partial charge in [0.2, 0.25) is 0 Å². The highest BCUT2D eigenvalue weighted by molar-refractivity contribution is 8.93. The normalized spacial score (nSPS) is 9.82. The Labute approximate surface area is 83.7 Å². The molecular weight excluding hydrogens is 219 g/mol.